The van der Waals surface area contributed by atoms with Crippen LogP contribution in [0, 0.1) is 5.41 Å². The standard InChI is InChI=1S/C22H25NO3/c1-26-19-10-6-5-9-18(19)21(25)23-17-11-12-20(23)22(14-17,15-24)13-16-7-3-2-4-8-16/h2-10,17,20,24H,11-15H2,1H3/t17-,20+,22-/m0/s1. The Kier molecular flexibility index (Phi) is 4.45. The van der Waals surface area contributed by atoms with E-state index in [4.69, 9.17) is 4.74 Å². The van der Waals surface area contributed by atoms with Gasteiger partial charge in [-0.05, 0) is 43.4 Å². The molecule has 1 N–H and O–H groups in total. The van der Waals surface area contributed by atoms with Crippen LogP contribution in [0.2, 0.25) is 0 Å². The molecule has 0 aromatic heterocycles. The van der Waals surface area contributed by atoms with Crippen molar-refractivity contribution in [1.82, 2.24) is 4.90 Å². The van der Waals surface area contributed by atoms with Gasteiger partial charge in [0.25, 0.3) is 5.91 Å². The molecule has 3 atom stereocenters. The van der Waals surface area contributed by atoms with Crippen LogP contribution >= 0.6 is 0 Å². The zero-order valence-electron chi connectivity index (χ0n) is 15.1. The minimum Gasteiger partial charge on any atom is -0.496 e. The van der Waals surface area contributed by atoms with Crippen molar-refractivity contribution in [3.8, 4) is 5.75 Å². The molecule has 4 nitrogen and oxygen atoms in total. The number of para-hydroxylation sites is 1. The smallest absolute Gasteiger partial charge is 0.258 e. The number of carbonyl (C=O) groups excluding carboxylic acids is 1. The zero-order chi connectivity index (χ0) is 18.1. The highest BCUT2D eigenvalue weighted by Gasteiger charge is 2.57. The normalized spacial score (nSPS) is 26.9. The van der Waals surface area contributed by atoms with Crippen LogP contribution in [0.3, 0.4) is 0 Å². The number of aliphatic hydroxyl groups excluding tert-OH is 1. The molecule has 0 spiro atoms. The van der Waals surface area contributed by atoms with E-state index < -0.39 is 0 Å². The number of amides is 1. The van der Waals surface area contributed by atoms with Gasteiger partial charge in [-0.15, -0.1) is 0 Å². The first-order chi connectivity index (χ1) is 12.7. The summed E-state index contributed by atoms with van der Waals surface area (Å²) < 4.78 is 5.39. The van der Waals surface area contributed by atoms with Gasteiger partial charge in [-0.25, -0.2) is 0 Å². The molecule has 2 heterocycles. The fourth-order valence-electron chi connectivity index (χ4n) is 4.98. The molecule has 2 saturated heterocycles. The van der Waals surface area contributed by atoms with Crippen molar-refractivity contribution >= 4 is 5.91 Å². The summed E-state index contributed by atoms with van der Waals surface area (Å²) in [6.07, 6.45) is 3.65. The van der Waals surface area contributed by atoms with Crippen molar-refractivity contribution in [3.05, 3.63) is 65.7 Å². The highest BCUT2D eigenvalue weighted by atomic mass is 16.5. The molecule has 2 aliphatic rings. The Hall–Kier alpha value is -2.33. The average Bonchev–Trinajstić information content (AvgIpc) is 3.24. The fraction of sp³-hybridized carbons (Fsp3) is 0.409. The summed E-state index contributed by atoms with van der Waals surface area (Å²) in [4.78, 5) is 15.3. The average molecular weight is 351 g/mol. The lowest BCUT2D eigenvalue weighted by Crippen LogP contribution is -2.44. The summed E-state index contributed by atoms with van der Waals surface area (Å²) in [5.41, 5.74) is 1.58. The third-order valence-electron chi connectivity index (χ3n) is 6.14. The first-order valence-electron chi connectivity index (χ1n) is 9.29. The molecule has 0 aliphatic carbocycles. The van der Waals surface area contributed by atoms with Crippen molar-refractivity contribution in [2.24, 2.45) is 5.41 Å². The van der Waals surface area contributed by atoms with Gasteiger partial charge in [-0.2, -0.15) is 0 Å². The first-order valence-corrected chi connectivity index (χ1v) is 9.29. The number of benzene rings is 2. The second kappa shape index (κ2) is 6.76. The number of fused-ring (bicyclic) bond motifs is 2. The molecule has 136 valence electrons. The zero-order valence-corrected chi connectivity index (χ0v) is 15.1. The summed E-state index contributed by atoms with van der Waals surface area (Å²) in [5, 5.41) is 10.3. The van der Waals surface area contributed by atoms with E-state index in [9.17, 15) is 9.90 Å². The highest BCUT2D eigenvalue weighted by molar-refractivity contribution is 5.97. The largest absolute Gasteiger partial charge is 0.496 e. The number of aliphatic hydroxyl groups is 1. The Labute approximate surface area is 154 Å². The number of hydrogen-bond acceptors (Lipinski definition) is 3. The van der Waals surface area contributed by atoms with Crippen LogP contribution in [-0.4, -0.2) is 41.7 Å². The highest BCUT2D eigenvalue weighted by Crippen LogP contribution is 2.52. The third-order valence-corrected chi connectivity index (χ3v) is 6.14. The third kappa shape index (κ3) is 2.69. The van der Waals surface area contributed by atoms with E-state index in [2.05, 4.69) is 12.1 Å². The molecule has 0 saturated carbocycles. The quantitative estimate of drug-likeness (QED) is 0.899. The van der Waals surface area contributed by atoms with E-state index in [0.717, 1.165) is 25.7 Å². The number of rotatable bonds is 5. The molecule has 1 amide bonds. The van der Waals surface area contributed by atoms with Crippen LogP contribution in [0.15, 0.2) is 54.6 Å². The van der Waals surface area contributed by atoms with Crippen molar-refractivity contribution in [3.63, 3.8) is 0 Å². The van der Waals surface area contributed by atoms with Gasteiger partial charge in [0.2, 0.25) is 0 Å². The van der Waals surface area contributed by atoms with Crippen molar-refractivity contribution < 1.29 is 14.6 Å². The molecular formula is C22H25NO3. The van der Waals surface area contributed by atoms with Gasteiger partial charge < -0.3 is 14.7 Å². The maximum Gasteiger partial charge on any atom is 0.258 e. The molecule has 26 heavy (non-hydrogen) atoms. The molecule has 2 aliphatic heterocycles. The Bertz CT molecular complexity index is 791. The Morgan fingerprint density at radius 1 is 1.15 bits per heavy atom. The number of methoxy groups -OCH3 is 1. The molecule has 2 bridgehead atoms. The molecule has 2 aromatic carbocycles. The van der Waals surface area contributed by atoms with Crippen LogP contribution < -0.4 is 4.74 Å². The molecule has 0 radical (unpaired) electrons. The van der Waals surface area contributed by atoms with Gasteiger partial charge in [0.15, 0.2) is 0 Å². The molecule has 2 aromatic rings. The SMILES string of the molecule is COc1ccccc1C(=O)N1[C@H]2CC[C@@H]1[C@@](CO)(Cc1ccccc1)C2. The molecule has 0 unspecified atom stereocenters. The van der Waals surface area contributed by atoms with Gasteiger partial charge in [-0.3, -0.25) is 4.79 Å². The van der Waals surface area contributed by atoms with Crippen molar-refractivity contribution in [1.29, 1.82) is 0 Å². The monoisotopic (exact) mass is 351 g/mol. The summed E-state index contributed by atoms with van der Waals surface area (Å²) >= 11 is 0. The lowest BCUT2D eigenvalue weighted by molar-refractivity contribution is 0.0569. The minimum atomic E-state index is -0.248. The van der Waals surface area contributed by atoms with Gasteiger partial charge in [-0.1, -0.05) is 42.5 Å². The Balaban J connectivity index is 1.64. The van der Waals surface area contributed by atoms with Crippen molar-refractivity contribution in [2.45, 2.75) is 37.8 Å². The molecular weight excluding hydrogens is 326 g/mol. The van der Waals surface area contributed by atoms with Gasteiger partial charge >= 0.3 is 0 Å². The van der Waals surface area contributed by atoms with Gasteiger partial charge in [0.05, 0.1) is 19.3 Å². The summed E-state index contributed by atoms with van der Waals surface area (Å²) in [6, 6.07) is 18.0. The second-order valence-corrected chi connectivity index (χ2v) is 7.55. The van der Waals surface area contributed by atoms with Crippen LogP contribution in [0.25, 0.3) is 0 Å². The maximum absolute atomic E-state index is 13.3. The van der Waals surface area contributed by atoms with Crippen LogP contribution in [-0.2, 0) is 6.42 Å². The molecule has 4 heteroatoms. The summed E-state index contributed by atoms with van der Waals surface area (Å²) in [5.74, 6) is 0.639. The van der Waals surface area contributed by atoms with Crippen molar-refractivity contribution in [2.75, 3.05) is 13.7 Å². The van der Waals surface area contributed by atoms with E-state index in [1.807, 2.05) is 47.4 Å². The van der Waals surface area contributed by atoms with E-state index in [-0.39, 0.29) is 30.0 Å². The number of nitrogens with zero attached hydrogens (tertiary/aromatic N) is 1. The summed E-state index contributed by atoms with van der Waals surface area (Å²) in [6.45, 7) is 0.110. The molecule has 4 rings (SSSR count). The van der Waals surface area contributed by atoms with Crippen LogP contribution in [0.4, 0.5) is 0 Å². The van der Waals surface area contributed by atoms with Crippen LogP contribution in [0.1, 0.15) is 35.2 Å². The Morgan fingerprint density at radius 2 is 1.88 bits per heavy atom. The predicted molar refractivity (Wildman–Crippen MR) is 100 cm³/mol. The van der Waals surface area contributed by atoms with E-state index in [1.54, 1.807) is 7.11 Å². The topological polar surface area (TPSA) is 49.8 Å². The van der Waals surface area contributed by atoms with E-state index in [0.29, 0.717) is 11.3 Å². The van der Waals surface area contributed by atoms with E-state index in [1.165, 1.54) is 5.56 Å². The van der Waals surface area contributed by atoms with Crippen LogP contribution in [0.5, 0.6) is 5.75 Å². The maximum atomic E-state index is 13.3. The van der Waals surface area contributed by atoms with E-state index >= 15 is 0 Å². The number of ether oxygens (including phenoxy) is 1. The molecule has 2 fully saturated rings. The lowest BCUT2D eigenvalue weighted by Gasteiger charge is -2.36. The summed E-state index contributed by atoms with van der Waals surface area (Å²) in [7, 11) is 1.60. The number of carbonyl (C=O) groups is 1. The van der Waals surface area contributed by atoms with Gasteiger partial charge in [0.1, 0.15) is 5.75 Å². The fourth-order valence-corrected chi connectivity index (χ4v) is 4.98. The van der Waals surface area contributed by atoms with Gasteiger partial charge in [0, 0.05) is 17.5 Å². The second-order valence-electron chi connectivity index (χ2n) is 7.55. The number of hydrogen-bond donors (Lipinski definition) is 1. The minimum absolute atomic E-state index is 0.0262. The first kappa shape index (κ1) is 17.1. The lowest BCUT2D eigenvalue weighted by atomic mass is 9.70. The predicted octanol–water partition coefficient (Wildman–Crippen LogP) is 3.29. The Morgan fingerprint density at radius 3 is 2.62 bits per heavy atom.